The molecule has 2 heterocycles. The van der Waals surface area contributed by atoms with E-state index in [0.717, 1.165) is 33.7 Å². The first-order valence-corrected chi connectivity index (χ1v) is 12.0. The second-order valence-corrected chi connectivity index (χ2v) is 9.45. The highest BCUT2D eigenvalue weighted by Gasteiger charge is 2.35. The molecule has 0 bridgehead atoms. The molecule has 3 aromatic carbocycles. The first-order valence-electron chi connectivity index (χ1n) is 12.0. The molecular weight excluding hydrogens is 436 g/mol. The number of imidazole rings is 1. The number of hydrogen-bond donors (Lipinski definition) is 0. The van der Waals surface area contributed by atoms with Gasteiger partial charge in [-0.3, -0.25) is 9.59 Å². The van der Waals surface area contributed by atoms with Gasteiger partial charge in [-0.25, -0.2) is 4.98 Å². The van der Waals surface area contributed by atoms with E-state index in [4.69, 9.17) is 4.98 Å². The molecule has 1 unspecified atom stereocenters. The van der Waals surface area contributed by atoms with Crippen LogP contribution < -0.4 is 4.90 Å². The molecule has 0 radical (unpaired) electrons. The Morgan fingerprint density at radius 3 is 2.51 bits per heavy atom. The zero-order valence-corrected chi connectivity index (χ0v) is 20.4. The van der Waals surface area contributed by atoms with Crippen molar-refractivity contribution in [2.24, 2.45) is 0 Å². The average molecular weight is 467 g/mol. The van der Waals surface area contributed by atoms with Crippen molar-refractivity contribution < 1.29 is 9.59 Å². The van der Waals surface area contributed by atoms with Crippen LogP contribution >= 0.6 is 0 Å². The predicted molar refractivity (Wildman–Crippen MR) is 138 cm³/mol. The van der Waals surface area contributed by atoms with E-state index in [2.05, 4.69) is 26.0 Å². The number of carbonyl (C=O) groups excluding carboxylic acids is 2. The maximum atomic E-state index is 13.2. The fourth-order valence-corrected chi connectivity index (χ4v) is 4.80. The molecule has 5 rings (SSSR count). The summed E-state index contributed by atoms with van der Waals surface area (Å²) in [6.45, 7) is 5.42. The molecular formula is C29H30N4O2. The fraction of sp³-hybridized carbons (Fsp3) is 0.276. The summed E-state index contributed by atoms with van der Waals surface area (Å²) in [6.07, 6.45) is 0.379. The van der Waals surface area contributed by atoms with E-state index < -0.39 is 0 Å². The van der Waals surface area contributed by atoms with Gasteiger partial charge in [0.1, 0.15) is 12.4 Å². The van der Waals surface area contributed by atoms with Gasteiger partial charge < -0.3 is 14.4 Å². The fourth-order valence-electron chi connectivity index (χ4n) is 4.80. The van der Waals surface area contributed by atoms with Gasteiger partial charge >= 0.3 is 0 Å². The van der Waals surface area contributed by atoms with Crippen LogP contribution in [0.2, 0.25) is 0 Å². The van der Waals surface area contributed by atoms with Crippen molar-refractivity contribution in [3.05, 3.63) is 95.3 Å². The Labute approximate surface area is 205 Å². The van der Waals surface area contributed by atoms with E-state index in [1.54, 1.807) is 4.90 Å². The van der Waals surface area contributed by atoms with Gasteiger partial charge in [0.05, 0.1) is 11.0 Å². The molecule has 0 spiro atoms. The zero-order valence-electron chi connectivity index (χ0n) is 20.4. The summed E-state index contributed by atoms with van der Waals surface area (Å²) in [5.41, 5.74) is 6.14. The molecule has 2 amide bonds. The van der Waals surface area contributed by atoms with Crippen molar-refractivity contribution in [2.75, 3.05) is 18.5 Å². The van der Waals surface area contributed by atoms with E-state index in [0.29, 0.717) is 19.5 Å². The number of fused-ring (bicyclic) bond motifs is 1. The lowest BCUT2D eigenvalue weighted by Gasteiger charge is -2.20. The quantitative estimate of drug-likeness (QED) is 0.409. The Bertz CT molecular complexity index is 1390. The van der Waals surface area contributed by atoms with E-state index in [1.807, 2.05) is 77.2 Å². The monoisotopic (exact) mass is 466 g/mol. The topological polar surface area (TPSA) is 58.4 Å². The summed E-state index contributed by atoms with van der Waals surface area (Å²) in [5.74, 6) is 0.814. The largest absolute Gasteiger partial charge is 0.340 e. The van der Waals surface area contributed by atoms with Crippen molar-refractivity contribution in [1.82, 2.24) is 14.5 Å². The zero-order chi connectivity index (χ0) is 24.5. The first kappa shape index (κ1) is 22.8. The number of aryl methyl sites for hydroxylation is 2. The summed E-state index contributed by atoms with van der Waals surface area (Å²) in [4.78, 5) is 34.8. The van der Waals surface area contributed by atoms with Crippen molar-refractivity contribution in [1.29, 1.82) is 0 Å². The third-order valence-electron chi connectivity index (χ3n) is 6.96. The van der Waals surface area contributed by atoms with Gasteiger partial charge in [-0.2, -0.15) is 0 Å². The molecule has 1 atom stereocenters. The summed E-state index contributed by atoms with van der Waals surface area (Å²) in [6, 6.07) is 24.0. The van der Waals surface area contributed by atoms with Crippen molar-refractivity contribution in [2.45, 2.75) is 39.3 Å². The number of hydrogen-bond acceptors (Lipinski definition) is 3. The molecule has 0 saturated carbocycles. The lowest BCUT2D eigenvalue weighted by molar-refractivity contribution is -0.131. The van der Waals surface area contributed by atoms with Crippen LogP contribution in [0.3, 0.4) is 0 Å². The maximum absolute atomic E-state index is 13.2. The molecule has 0 N–H and O–H groups in total. The summed E-state index contributed by atoms with van der Waals surface area (Å²) in [7, 11) is 1.83. The lowest BCUT2D eigenvalue weighted by Crippen LogP contribution is -2.30. The summed E-state index contributed by atoms with van der Waals surface area (Å²) >= 11 is 0. The number of para-hydroxylation sites is 2. The van der Waals surface area contributed by atoms with Crippen LogP contribution in [-0.4, -0.2) is 39.9 Å². The number of rotatable bonds is 6. The highest BCUT2D eigenvalue weighted by atomic mass is 16.2. The number of likely N-dealkylation sites (N-methyl/N-ethyl adjacent to an activating group) is 1. The first-order chi connectivity index (χ1) is 16.9. The SMILES string of the molecule is Cc1ccc(N2CC(c3nc4ccccc4n3CC(=O)N(C)Cc3ccccc3)CC2=O)cc1C. The van der Waals surface area contributed by atoms with Crippen LogP contribution in [0.5, 0.6) is 0 Å². The second-order valence-electron chi connectivity index (χ2n) is 9.45. The minimum atomic E-state index is -0.0799. The second kappa shape index (κ2) is 9.37. The number of anilines is 1. The molecule has 1 aliphatic rings. The lowest BCUT2D eigenvalue weighted by atomic mass is 10.1. The number of nitrogens with zero attached hydrogens (tertiary/aromatic N) is 4. The van der Waals surface area contributed by atoms with Crippen molar-refractivity contribution in [3.63, 3.8) is 0 Å². The van der Waals surface area contributed by atoms with Gasteiger partial charge in [0, 0.05) is 38.2 Å². The molecule has 35 heavy (non-hydrogen) atoms. The minimum absolute atomic E-state index is 0.00796. The molecule has 1 fully saturated rings. The Hall–Kier alpha value is -3.93. The molecule has 178 valence electrons. The van der Waals surface area contributed by atoms with Gasteiger partial charge in [0.25, 0.3) is 0 Å². The number of carbonyl (C=O) groups is 2. The van der Waals surface area contributed by atoms with Crippen LogP contribution in [0.4, 0.5) is 5.69 Å². The Morgan fingerprint density at radius 2 is 1.74 bits per heavy atom. The van der Waals surface area contributed by atoms with E-state index >= 15 is 0 Å². The van der Waals surface area contributed by atoms with Gasteiger partial charge in [0.15, 0.2) is 0 Å². The Morgan fingerprint density at radius 1 is 1.00 bits per heavy atom. The van der Waals surface area contributed by atoms with Crippen LogP contribution in [0.15, 0.2) is 72.8 Å². The molecule has 1 saturated heterocycles. The standard InChI is InChI=1S/C29H30N4O2/c1-20-13-14-24(15-21(20)2)32-18-23(16-27(32)34)29-30-25-11-7-8-12-26(25)33(29)19-28(35)31(3)17-22-9-5-4-6-10-22/h4-15,23H,16-19H2,1-3H3. The van der Waals surface area contributed by atoms with Gasteiger partial charge in [-0.15, -0.1) is 0 Å². The average Bonchev–Trinajstić information content (AvgIpc) is 3.42. The molecule has 1 aromatic heterocycles. The number of aromatic nitrogens is 2. The van der Waals surface area contributed by atoms with Gasteiger partial charge in [-0.1, -0.05) is 48.5 Å². The molecule has 0 aliphatic carbocycles. The Balaban J connectivity index is 1.42. The third kappa shape index (κ3) is 4.56. The van der Waals surface area contributed by atoms with Crippen LogP contribution in [0.1, 0.15) is 34.9 Å². The van der Waals surface area contributed by atoms with Crippen LogP contribution in [-0.2, 0) is 22.7 Å². The molecule has 4 aromatic rings. The van der Waals surface area contributed by atoms with Crippen molar-refractivity contribution in [3.8, 4) is 0 Å². The van der Waals surface area contributed by atoms with Gasteiger partial charge in [-0.05, 0) is 54.8 Å². The highest BCUT2D eigenvalue weighted by molar-refractivity contribution is 5.96. The van der Waals surface area contributed by atoms with Gasteiger partial charge in [0.2, 0.25) is 11.8 Å². The highest BCUT2D eigenvalue weighted by Crippen LogP contribution is 2.34. The van der Waals surface area contributed by atoms with Crippen LogP contribution in [0, 0.1) is 13.8 Å². The number of benzene rings is 3. The maximum Gasteiger partial charge on any atom is 0.242 e. The predicted octanol–water partition coefficient (Wildman–Crippen LogP) is 4.83. The summed E-state index contributed by atoms with van der Waals surface area (Å²) in [5, 5.41) is 0. The molecule has 6 nitrogen and oxygen atoms in total. The van der Waals surface area contributed by atoms with E-state index in [1.165, 1.54) is 5.56 Å². The Kier molecular flexibility index (Phi) is 6.12. The smallest absolute Gasteiger partial charge is 0.242 e. The van der Waals surface area contributed by atoms with Crippen molar-refractivity contribution >= 4 is 28.5 Å². The third-order valence-corrected chi connectivity index (χ3v) is 6.96. The normalized spacial score (nSPS) is 15.7. The van der Waals surface area contributed by atoms with Crippen LogP contribution in [0.25, 0.3) is 11.0 Å². The van der Waals surface area contributed by atoms with E-state index in [9.17, 15) is 9.59 Å². The molecule has 1 aliphatic heterocycles. The number of amides is 2. The summed E-state index contributed by atoms with van der Waals surface area (Å²) < 4.78 is 2.00. The van der Waals surface area contributed by atoms with E-state index in [-0.39, 0.29) is 24.3 Å². The molecule has 6 heteroatoms. The minimum Gasteiger partial charge on any atom is -0.340 e.